The molecule has 0 saturated heterocycles. The fourth-order valence-corrected chi connectivity index (χ4v) is 2.67. The lowest BCUT2D eigenvalue weighted by Gasteiger charge is -2.36. The van der Waals surface area contributed by atoms with Crippen molar-refractivity contribution in [2.24, 2.45) is 5.41 Å². The molecule has 0 unspecified atom stereocenters. The van der Waals surface area contributed by atoms with E-state index in [4.69, 9.17) is 0 Å². The van der Waals surface area contributed by atoms with Crippen LogP contribution in [0.3, 0.4) is 0 Å². The molecule has 0 fully saturated rings. The lowest BCUT2D eigenvalue weighted by Crippen LogP contribution is -2.39. The predicted octanol–water partition coefficient (Wildman–Crippen LogP) is 3.84. The van der Waals surface area contributed by atoms with E-state index < -0.39 is 0 Å². The van der Waals surface area contributed by atoms with E-state index in [1.807, 2.05) is 0 Å². The largest absolute Gasteiger partial charge is 0.303 e. The first-order chi connectivity index (χ1) is 7.17. The Bertz CT molecular complexity index is 129. The van der Waals surface area contributed by atoms with Gasteiger partial charge in [-0.3, -0.25) is 0 Å². The minimum absolute atomic E-state index is 0.438. The Morgan fingerprint density at radius 1 is 0.933 bits per heavy atom. The highest BCUT2D eigenvalue weighted by Crippen LogP contribution is 2.29. The Hall–Kier alpha value is 0.310. The van der Waals surface area contributed by atoms with Gasteiger partial charge in [-0.2, -0.15) is 12.6 Å². The molecule has 1 nitrogen and oxygen atoms in total. The average Bonchev–Trinajstić information content (AvgIpc) is 2.27. The van der Waals surface area contributed by atoms with Gasteiger partial charge in [-0.25, -0.2) is 0 Å². The monoisotopic (exact) mass is 231 g/mol. The summed E-state index contributed by atoms with van der Waals surface area (Å²) in [6.07, 6.45) is 5.01. The summed E-state index contributed by atoms with van der Waals surface area (Å²) in [4.78, 5) is 2.61. The Labute approximate surface area is 102 Å². The second kappa shape index (κ2) is 8.46. The van der Waals surface area contributed by atoms with E-state index in [1.54, 1.807) is 0 Å². The summed E-state index contributed by atoms with van der Waals surface area (Å²) in [5, 5.41) is 0. The lowest BCUT2D eigenvalue weighted by molar-refractivity contribution is 0.158. The van der Waals surface area contributed by atoms with Gasteiger partial charge in [0.05, 0.1) is 0 Å². The summed E-state index contributed by atoms with van der Waals surface area (Å²) in [5.41, 5.74) is 0.438. The molecule has 2 heteroatoms. The molecule has 0 aliphatic carbocycles. The van der Waals surface area contributed by atoms with Gasteiger partial charge >= 0.3 is 0 Å². The Morgan fingerprint density at radius 2 is 1.40 bits per heavy atom. The smallest absolute Gasteiger partial charge is 0.00456 e. The van der Waals surface area contributed by atoms with Crippen LogP contribution in [0, 0.1) is 5.41 Å². The van der Waals surface area contributed by atoms with Gasteiger partial charge in [0.15, 0.2) is 0 Å². The maximum Gasteiger partial charge on any atom is 0.00456 e. The molecular weight excluding hydrogens is 202 g/mol. The summed E-state index contributed by atoms with van der Waals surface area (Å²) in [6, 6.07) is 0. The van der Waals surface area contributed by atoms with Crippen molar-refractivity contribution >= 4 is 12.6 Å². The zero-order chi connectivity index (χ0) is 11.7. The third kappa shape index (κ3) is 5.26. The van der Waals surface area contributed by atoms with Crippen molar-refractivity contribution in [3.05, 3.63) is 0 Å². The summed E-state index contributed by atoms with van der Waals surface area (Å²) < 4.78 is 0. The Morgan fingerprint density at radius 3 is 1.67 bits per heavy atom. The molecule has 0 amide bonds. The molecule has 0 aliphatic heterocycles. The van der Waals surface area contributed by atoms with E-state index in [-0.39, 0.29) is 0 Å². The molecule has 0 rings (SSSR count). The van der Waals surface area contributed by atoms with E-state index in [2.05, 4.69) is 45.2 Å². The molecule has 0 spiro atoms. The first kappa shape index (κ1) is 15.3. The number of hydrogen-bond donors (Lipinski definition) is 1. The van der Waals surface area contributed by atoms with E-state index in [0.29, 0.717) is 5.41 Å². The van der Waals surface area contributed by atoms with E-state index >= 15 is 0 Å². The van der Waals surface area contributed by atoms with Crippen molar-refractivity contribution in [2.75, 3.05) is 25.4 Å². The van der Waals surface area contributed by atoms with E-state index in [1.165, 1.54) is 45.3 Å². The fourth-order valence-electron chi connectivity index (χ4n) is 2.12. The van der Waals surface area contributed by atoms with Crippen LogP contribution >= 0.6 is 12.6 Å². The van der Waals surface area contributed by atoms with Gasteiger partial charge in [-0.15, -0.1) is 0 Å². The topological polar surface area (TPSA) is 3.24 Å². The maximum absolute atomic E-state index is 4.55. The molecule has 15 heavy (non-hydrogen) atoms. The van der Waals surface area contributed by atoms with Crippen molar-refractivity contribution in [2.45, 2.75) is 53.4 Å². The minimum Gasteiger partial charge on any atom is -0.303 e. The van der Waals surface area contributed by atoms with Crippen molar-refractivity contribution < 1.29 is 0 Å². The van der Waals surface area contributed by atoms with Gasteiger partial charge in [0.2, 0.25) is 0 Å². The highest BCUT2D eigenvalue weighted by atomic mass is 32.1. The van der Waals surface area contributed by atoms with Crippen molar-refractivity contribution in [3.8, 4) is 0 Å². The first-order valence-electron chi connectivity index (χ1n) is 6.51. The van der Waals surface area contributed by atoms with Crippen molar-refractivity contribution in [3.63, 3.8) is 0 Å². The standard InChI is InChI=1S/C13H29NS/c1-5-9-14(10-6-2)11-13(7-3,8-4)12-15/h15H,5-12H2,1-4H3. The highest BCUT2D eigenvalue weighted by molar-refractivity contribution is 7.80. The summed E-state index contributed by atoms with van der Waals surface area (Å²) in [6.45, 7) is 12.8. The third-order valence-corrected chi connectivity index (χ3v) is 4.14. The molecule has 0 heterocycles. The van der Waals surface area contributed by atoms with Gasteiger partial charge in [-0.1, -0.05) is 27.7 Å². The first-order valence-corrected chi connectivity index (χ1v) is 7.14. The van der Waals surface area contributed by atoms with Gasteiger partial charge in [0.25, 0.3) is 0 Å². The zero-order valence-corrected chi connectivity index (χ0v) is 11.9. The van der Waals surface area contributed by atoms with Gasteiger partial charge in [-0.05, 0) is 49.9 Å². The van der Waals surface area contributed by atoms with Gasteiger partial charge in [0.1, 0.15) is 0 Å². The van der Waals surface area contributed by atoms with Crippen LogP contribution in [0.2, 0.25) is 0 Å². The van der Waals surface area contributed by atoms with Crippen LogP contribution in [-0.4, -0.2) is 30.3 Å². The predicted molar refractivity (Wildman–Crippen MR) is 73.9 cm³/mol. The maximum atomic E-state index is 4.55. The fraction of sp³-hybridized carbons (Fsp3) is 1.00. The summed E-state index contributed by atoms with van der Waals surface area (Å²) >= 11 is 4.55. The van der Waals surface area contributed by atoms with Crippen LogP contribution in [0.4, 0.5) is 0 Å². The molecule has 0 bridgehead atoms. The van der Waals surface area contributed by atoms with Crippen LogP contribution in [0.25, 0.3) is 0 Å². The average molecular weight is 231 g/mol. The second-order valence-electron chi connectivity index (χ2n) is 4.64. The van der Waals surface area contributed by atoms with Gasteiger partial charge in [0, 0.05) is 6.54 Å². The Kier molecular flexibility index (Phi) is 8.64. The second-order valence-corrected chi connectivity index (χ2v) is 4.96. The SMILES string of the molecule is CCCN(CCC)CC(CC)(CC)CS. The summed E-state index contributed by atoms with van der Waals surface area (Å²) in [7, 11) is 0. The van der Waals surface area contributed by atoms with E-state index in [0.717, 1.165) is 5.75 Å². The molecule has 0 N–H and O–H groups in total. The van der Waals surface area contributed by atoms with Crippen LogP contribution < -0.4 is 0 Å². The molecule has 0 aliphatic rings. The lowest BCUT2D eigenvalue weighted by atomic mass is 9.83. The number of hydrogen-bond acceptors (Lipinski definition) is 2. The van der Waals surface area contributed by atoms with Crippen molar-refractivity contribution in [1.82, 2.24) is 4.90 Å². The minimum atomic E-state index is 0.438. The molecule has 92 valence electrons. The molecule has 0 atom stereocenters. The van der Waals surface area contributed by atoms with E-state index in [9.17, 15) is 0 Å². The highest BCUT2D eigenvalue weighted by Gasteiger charge is 2.26. The van der Waals surface area contributed by atoms with Crippen LogP contribution in [0.1, 0.15) is 53.4 Å². The van der Waals surface area contributed by atoms with Crippen LogP contribution in [0.5, 0.6) is 0 Å². The molecule has 0 radical (unpaired) electrons. The zero-order valence-electron chi connectivity index (χ0n) is 11.1. The van der Waals surface area contributed by atoms with Gasteiger partial charge < -0.3 is 4.90 Å². The number of nitrogens with zero attached hydrogens (tertiary/aromatic N) is 1. The quantitative estimate of drug-likeness (QED) is 0.590. The molecule has 0 saturated carbocycles. The molecule has 0 aromatic heterocycles. The molecule has 0 aromatic carbocycles. The normalized spacial score (nSPS) is 12.4. The number of thiol groups is 1. The Balaban J connectivity index is 4.30. The third-order valence-electron chi connectivity index (χ3n) is 3.47. The summed E-state index contributed by atoms with van der Waals surface area (Å²) in [5.74, 6) is 1.02. The van der Waals surface area contributed by atoms with Crippen LogP contribution in [0.15, 0.2) is 0 Å². The molecule has 0 aromatic rings. The van der Waals surface area contributed by atoms with Crippen LogP contribution in [-0.2, 0) is 0 Å². The molecular formula is C13H29NS. The number of rotatable bonds is 9. The van der Waals surface area contributed by atoms with Crippen molar-refractivity contribution in [1.29, 1.82) is 0 Å².